The summed E-state index contributed by atoms with van der Waals surface area (Å²) in [6.07, 6.45) is 0. The molecule has 1 aromatic carbocycles. The van der Waals surface area contributed by atoms with Gasteiger partial charge in [0.25, 0.3) is 0 Å². The molecule has 4 nitrogen and oxygen atoms in total. The van der Waals surface area contributed by atoms with Crippen LogP contribution in [0.5, 0.6) is 0 Å². The molecule has 2 N–H and O–H groups in total. The van der Waals surface area contributed by atoms with Gasteiger partial charge in [0.15, 0.2) is 5.96 Å². The zero-order valence-corrected chi connectivity index (χ0v) is 16.9. The first kappa shape index (κ1) is 20.4. The Morgan fingerprint density at radius 3 is 2.73 bits per heavy atom. The highest BCUT2D eigenvalue weighted by atomic mass is 32.1. The van der Waals surface area contributed by atoms with Crippen LogP contribution in [0.15, 0.2) is 40.0 Å². The van der Waals surface area contributed by atoms with Crippen molar-refractivity contribution in [2.24, 2.45) is 4.99 Å². The molecule has 0 bridgehead atoms. The van der Waals surface area contributed by atoms with E-state index in [4.69, 9.17) is 0 Å². The Bertz CT molecular complexity index is 698. The third kappa shape index (κ3) is 6.42. The number of hydrogen-bond donors (Lipinski definition) is 2. The maximum atomic E-state index is 13.9. The van der Waals surface area contributed by atoms with Gasteiger partial charge in [-0.3, -0.25) is 0 Å². The first-order valence-corrected chi connectivity index (χ1v) is 9.90. The van der Waals surface area contributed by atoms with Crippen molar-refractivity contribution in [3.05, 3.63) is 57.5 Å². The second kappa shape index (κ2) is 10.3. The Labute approximate surface area is 160 Å². The topological polar surface area (TPSA) is 39.7 Å². The Hall–Kier alpha value is -1.92. The second-order valence-electron chi connectivity index (χ2n) is 6.70. The molecule has 0 aliphatic carbocycles. The van der Waals surface area contributed by atoms with Crippen molar-refractivity contribution in [1.82, 2.24) is 15.5 Å². The van der Waals surface area contributed by atoms with Crippen molar-refractivity contribution in [3.8, 4) is 0 Å². The lowest BCUT2D eigenvalue weighted by atomic mass is 10.1. The lowest BCUT2D eigenvalue weighted by Crippen LogP contribution is -2.39. The normalized spacial score (nSPS) is 13.1. The SMILES string of the molecule is CCNC(=NCc1ccc(F)c(CN(C)C)c1)NCC(C)c1ccsc1. The van der Waals surface area contributed by atoms with Gasteiger partial charge in [0.05, 0.1) is 6.54 Å². The first-order chi connectivity index (χ1) is 12.5. The molecule has 0 aliphatic heterocycles. The predicted octanol–water partition coefficient (Wildman–Crippen LogP) is 3.81. The molecule has 1 aromatic heterocycles. The highest BCUT2D eigenvalue weighted by Crippen LogP contribution is 2.17. The molecule has 2 rings (SSSR count). The largest absolute Gasteiger partial charge is 0.357 e. The van der Waals surface area contributed by atoms with Crippen LogP contribution in [-0.4, -0.2) is 38.0 Å². The Balaban J connectivity index is 1.99. The van der Waals surface area contributed by atoms with E-state index in [9.17, 15) is 4.39 Å². The second-order valence-corrected chi connectivity index (χ2v) is 7.48. The smallest absolute Gasteiger partial charge is 0.191 e. The molecule has 1 heterocycles. The summed E-state index contributed by atoms with van der Waals surface area (Å²) in [4.78, 5) is 6.61. The van der Waals surface area contributed by atoms with E-state index in [0.717, 1.165) is 24.6 Å². The fraction of sp³-hybridized carbons (Fsp3) is 0.450. The van der Waals surface area contributed by atoms with Gasteiger partial charge in [-0.05, 0) is 67.0 Å². The maximum Gasteiger partial charge on any atom is 0.191 e. The molecular weight excluding hydrogens is 347 g/mol. The van der Waals surface area contributed by atoms with Crippen LogP contribution in [0.1, 0.15) is 36.5 Å². The summed E-state index contributed by atoms with van der Waals surface area (Å²) in [5, 5.41) is 11.0. The number of thiophene rings is 1. The van der Waals surface area contributed by atoms with Gasteiger partial charge in [-0.25, -0.2) is 9.38 Å². The van der Waals surface area contributed by atoms with Crippen molar-refractivity contribution >= 4 is 17.3 Å². The maximum absolute atomic E-state index is 13.9. The number of hydrogen-bond acceptors (Lipinski definition) is 3. The van der Waals surface area contributed by atoms with Crippen LogP contribution in [-0.2, 0) is 13.1 Å². The highest BCUT2D eigenvalue weighted by molar-refractivity contribution is 7.07. The number of aliphatic imine (C=N–C) groups is 1. The van der Waals surface area contributed by atoms with Gasteiger partial charge in [-0.2, -0.15) is 11.3 Å². The van der Waals surface area contributed by atoms with E-state index in [0.29, 0.717) is 24.6 Å². The molecule has 0 saturated heterocycles. The number of halogens is 1. The predicted molar refractivity (Wildman–Crippen MR) is 109 cm³/mol. The third-order valence-electron chi connectivity index (χ3n) is 4.05. The Kier molecular flexibility index (Phi) is 8.06. The van der Waals surface area contributed by atoms with Crippen molar-refractivity contribution in [3.63, 3.8) is 0 Å². The van der Waals surface area contributed by atoms with Crippen LogP contribution >= 0.6 is 11.3 Å². The minimum Gasteiger partial charge on any atom is -0.357 e. The Morgan fingerprint density at radius 2 is 2.08 bits per heavy atom. The van der Waals surface area contributed by atoms with E-state index in [1.807, 2.05) is 32.0 Å². The fourth-order valence-electron chi connectivity index (χ4n) is 2.62. The van der Waals surface area contributed by atoms with Crippen LogP contribution in [0.25, 0.3) is 0 Å². The minimum atomic E-state index is -0.166. The van der Waals surface area contributed by atoms with E-state index in [1.54, 1.807) is 17.4 Å². The van der Waals surface area contributed by atoms with Crippen LogP contribution in [0, 0.1) is 5.82 Å². The summed E-state index contributed by atoms with van der Waals surface area (Å²) in [6, 6.07) is 7.39. The van der Waals surface area contributed by atoms with Crippen molar-refractivity contribution in [2.45, 2.75) is 32.9 Å². The van der Waals surface area contributed by atoms with Crippen LogP contribution in [0.3, 0.4) is 0 Å². The molecule has 1 unspecified atom stereocenters. The van der Waals surface area contributed by atoms with Gasteiger partial charge in [0.2, 0.25) is 0 Å². The summed E-state index contributed by atoms with van der Waals surface area (Å²) in [5.41, 5.74) is 3.04. The average Bonchev–Trinajstić information content (AvgIpc) is 3.14. The van der Waals surface area contributed by atoms with Gasteiger partial charge in [0, 0.05) is 25.2 Å². The molecule has 0 spiro atoms. The highest BCUT2D eigenvalue weighted by Gasteiger charge is 2.08. The number of guanidine groups is 1. The molecule has 0 fully saturated rings. The molecule has 0 saturated carbocycles. The quantitative estimate of drug-likeness (QED) is 0.544. The van der Waals surface area contributed by atoms with E-state index in [1.165, 1.54) is 11.6 Å². The summed E-state index contributed by atoms with van der Waals surface area (Å²) in [7, 11) is 3.87. The van der Waals surface area contributed by atoms with E-state index in [-0.39, 0.29) is 5.82 Å². The summed E-state index contributed by atoms with van der Waals surface area (Å²) in [6.45, 7) is 6.97. The Morgan fingerprint density at radius 1 is 1.27 bits per heavy atom. The fourth-order valence-corrected chi connectivity index (χ4v) is 3.41. The molecule has 1 atom stereocenters. The van der Waals surface area contributed by atoms with Gasteiger partial charge >= 0.3 is 0 Å². The molecule has 26 heavy (non-hydrogen) atoms. The number of nitrogens with one attached hydrogen (secondary N) is 2. The zero-order chi connectivity index (χ0) is 18.9. The average molecular weight is 377 g/mol. The molecule has 0 radical (unpaired) electrons. The van der Waals surface area contributed by atoms with Crippen molar-refractivity contribution in [2.75, 3.05) is 27.2 Å². The number of nitrogens with zero attached hydrogens (tertiary/aromatic N) is 2. The third-order valence-corrected chi connectivity index (χ3v) is 4.75. The molecule has 2 aromatic rings. The van der Waals surface area contributed by atoms with E-state index in [2.05, 4.69) is 39.4 Å². The summed E-state index contributed by atoms with van der Waals surface area (Å²) < 4.78 is 13.9. The minimum absolute atomic E-state index is 0.166. The lowest BCUT2D eigenvalue weighted by Gasteiger charge is -2.15. The molecule has 0 aliphatic rings. The van der Waals surface area contributed by atoms with Gasteiger partial charge in [-0.15, -0.1) is 0 Å². The van der Waals surface area contributed by atoms with Gasteiger partial charge < -0.3 is 15.5 Å². The van der Waals surface area contributed by atoms with Gasteiger partial charge in [-0.1, -0.05) is 13.0 Å². The van der Waals surface area contributed by atoms with Crippen molar-refractivity contribution in [1.29, 1.82) is 0 Å². The monoisotopic (exact) mass is 376 g/mol. The van der Waals surface area contributed by atoms with Crippen LogP contribution < -0.4 is 10.6 Å². The number of benzene rings is 1. The van der Waals surface area contributed by atoms with Gasteiger partial charge in [0.1, 0.15) is 5.82 Å². The van der Waals surface area contributed by atoms with Crippen LogP contribution in [0.2, 0.25) is 0 Å². The zero-order valence-electron chi connectivity index (χ0n) is 16.1. The standard InChI is InChI=1S/C20H29FN4S/c1-5-22-20(23-11-15(2)17-8-9-26-14-17)24-12-16-6-7-19(21)18(10-16)13-25(3)4/h6-10,14-15H,5,11-13H2,1-4H3,(H2,22,23,24). The molecule has 0 amide bonds. The van der Waals surface area contributed by atoms with Crippen molar-refractivity contribution < 1.29 is 4.39 Å². The van der Waals surface area contributed by atoms with E-state index < -0.39 is 0 Å². The molecular formula is C20H29FN4S. The summed E-state index contributed by atoms with van der Waals surface area (Å²) >= 11 is 1.72. The molecule has 142 valence electrons. The molecule has 6 heteroatoms. The van der Waals surface area contributed by atoms with E-state index >= 15 is 0 Å². The van der Waals surface area contributed by atoms with Crippen LogP contribution in [0.4, 0.5) is 4.39 Å². The number of rotatable bonds is 8. The first-order valence-electron chi connectivity index (χ1n) is 8.96. The lowest BCUT2D eigenvalue weighted by molar-refractivity contribution is 0.392. The summed E-state index contributed by atoms with van der Waals surface area (Å²) in [5.74, 6) is 1.04.